The predicted molar refractivity (Wildman–Crippen MR) is 77.4 cm³/mol. The van der Waals surface area contributed by atoms with Gasteiger partial charge in [-0.1, -0.05) is 6.92 Å². The molecule has 0 aliphatic carbocycles. The molecule has 2 N–H and O–H groups in total. The van der Waals surface area contributed by atoms with Crippen LogP contribution in [0.4, 0.5) is 5.69 Å². The second-order valence-corrected chi connectivity index (χ2v) is 6.18. The van der Waals surface area contributed by atoms with E-state index in [0.29, 0.717) is 19.5 Å². The van der Waals surface area contributed by atoms with Gasteiger partial charge >= 0.3 is 5.97 Å². The Morgan fingerprint density at radius 1 is 1.30 bits per heavy atom. The van der Waals surface area contributed by atoms with Gasteiger partial charge in [0.2, 0.25) is 10.0 Å². The molecule has 1 aromatic carbocycles. The highest BCUT2D eigenvalue weighted by atomic mass is 32.2. The maximum Gasteiger partial charge on any atom is 0.303 e. The van der Waals surface area contributed by atoms with Crippen LogP contribution >= 0.6 is 0 Å². The van der Waals surface area contributed by atoms with Crippen LogP contribution in [0.5, 0.6) is 0 Å². The second kappa shape index (κ2) is 7.25. The summed E-state index contributed by atoms with van der Waals surface area (Å²) < 4.78 is 26.0. The number of rotatable bonds is 8. The molecule has 0 fully saturated rings. The molecular weight excluding hydrogens is 280 g/mol. The van der Waals surface area contributed by atoms with Crippen molar-refractivity contribution < 1.29 is 18.3 Å². The molecule has 0 amide bonds. The summed E-state index contributed by atoms with van der Waals surface area (Å²) in [5, 5.41) is 8.58. The SMILES string of the molecule is CCNS(=O)(=O)c1ccc(N(C)CCCC(=O)O)cc1. The van der Waals surface area contributed by atoms with Crippen LogP contribution in [-0.2, 0) is 14.8 Å². The summed E-state index contributed by atoms with van der Waals surface area (Å²) in [5.41, 5.74) is 0.853. The van der Waals surface area contributed by atoms with Crippen molar-refractivity contribution in [2.75, 3.05) is 25.0 Å². The molecule has 0 aliphatic heterocycles. The van der Waals surface area contributed by atoms with E-state index in [1.54, 1.807) is 31.2 Å². The molecule has 1 rings (SSSR count). The molecule has 1 aromatic rings. The average molecular weight is 300 g/mol. The van der Waals surface area contributed by atoms with Gasteiger partial charge in [0.25, 0.3) is 0 Å². The molecule has 0 saturated carbocycles. The third-order valence-corrected chi connectivity index (χ3v) is 4.37. The Morgan fingerprint density at radius 3 is 2.40 bits per heavy atom. The van der Waals surface area contributed by atoms with E-state index in [1.165, 1.54) is 0 Å². The van der Waals surface area contributed by atoms with Gasteiger partial charge in [0.15, 0.2) is 0 Å². The average Bonchev–Trinajstić information content (AvgIpc) is 2.38. The van der Waals surface area contributed by atoms with E-state index < -0.39 is 16.0 Å². The zero-order valence-electron chi connectivity index (χ0n) is 11.7. The van der Waals surface area contributed by atoms with Gasteiger partial charge in [-0.3, -0.25) is 4.79 Å². The number of hydrogen-bond donors (Lipinski definition) is 2. The van der Waals surface area contributed by atoms with Crippen molar-refractivity contribution in [1.82, 2.24) is 4.72 Å². The van der Waals surface area contributed by atoms with E-state index in [4.69, 9.17) is 5.11 Å². The van der Waals surface area contributed by atoms with Crippen LogP contribution < -0.4 is 9.62 Å². The summed E-state index contributed by atoms with van der Waals surface area (Å²) in [6.45, 7) is 2.67. The molecule has 20 heavy (non-hydrogen) atoms. The Hall–Kier alpha value is -1.60. The molecule has 0 spiro atoms. The number of carbonyl (C=O) groups is 1. The third kappa shape index (κ3) is 4.82. The van der Waals surface area contributed by atoms with Crippen LogP contribution in [0.15, 0.2) is 29.2 Å². The lowest BCUT2D eigenvalue weighted by atomic mass is 10.2. The van der Waals surface area contributed by atoms with Gasteiger partial charge in [-0.2, -0.15) is 0 Å². The molecule has 0 atom stereocenters. The first-order valence-electron chi connectivity index (χ1n) is 6.39. The van der Waals surface area contributed by atoms with Crippen molar-refractivity contribution in [3.8, 4) is 0 Å². The number of carboxylic acid groups (broad SMARTS) is 1. The summed E-state index contributed by atoms with van der Waals surface area (Å²) in [7, 11) is -1.58. The first-order valence-corrected chi connectivity index (χ1v) is 7.88. The minimum absolute atomic E-state index is 0.122. The van der Waals surface area contributed by atoms with Gasteiger partial charge in [0, 0.05) is 32.2 Å². The zero-order valence-corrected chi connectivity index (χ0v) is 12.5. The van der Waals surface area contributed by atoms with Crippen molar-refractivity contribution in [1.29, 1.82) is 0 Å². The molecular formula is C13H20N2O4S. The number of anilines is 1. The summed E-state index contributed by atoms with van der Waals surface area (Å²) in [6, 6.07) is 6.51. The first kappa shape index (κ1) is 16.5. The van der Waals surface area contributed by atoms with Crippen LogP contribution in [0.3, 0.4) is 0 Å². The van der Waals surface area contributed by atoms with Crippen LogP contribution in [0.1, 0.15) is 19.8 Å². The predicted octanol–water partition coefficient (Wildman–Crippen LogP) is 1.29. The van der Waals surface area contributed by atoms with Crippen molar-refractivity contribution in [2.45, 2.75) is 24.7 Å². The maximum absolute atomic E-state index is 11.8. The van der Waals surface area contributed by atoms with Gasteiger partial charge in [0.1, 0.15) is 0 Å². The lowest BCUT2D eigenvalue weighted by molar-refractivity contribution is -0.137. The van der Waals surface area contributed by atoms with Crippen molar-refractivity contribution in [3.63, 3.8) is 0 Å². The smallest absolute Gasteiger partial charge is 0.303 e. The summed E-state index contributed by atoms with van der Waals surface area (Å²) in [6.07, 6.45) is 0.667. The Balaban J connectivity index is 2.68. The Kier molecular flexibility index (Phi) is 5.97. The van der Waals surface area contributed by atoms with Gasteiger partial charge in [-0.15, -0.1) is 0 Å². The quantitative estimate of drug-likeness (QED) is 0.755. The topological polar surface area (TPSA) is 86.7 Å². The van der Waals surface area contributed by atoms with Crippen molar-refractivity contribution in [3.05, 3.63) is 24.3 Å². The molecule has 0 unspecified atom stereocenters. The molecule has 0 aliphatic rings. The van der Waals surface area contributed by atoms with E-state index in [-0.39, 0.29) is 11.3 Å². The summed E-state index contributed by atoms with van der Waals surface area (Å²) in [5.74, 6) is -0.814. The lowest BCUT2D eigenvalue weighted by Crippen LogP contribution is -2.23. The number of carboxylic acids is 1. The number of benzene rings is 1. The number of nitrogens with one attached hydrogen (secondary N) is 1. The third-order valence-electron chi connectivity index (χ3n) is 2.81. The van der Waals surface area contributed by atoms with E-state index >= 15 is 0 Å². The molecule has 7 heteroatoms. The van der Waals surface area contributed by atoms with E-state index in [9.17, 15) is 13.2 Å². The summed E-state index contributed by atoms with van der Waals surface area (Å²) >= 11 is 0. The van der Waals surface area contributed by atoms with Crippen LogP contribution in [-0.4, -0.2) is 39.6 Å². The largest absolute Gasteiger partial charge is 0.481 e. The number of nitrogens with zero attached hydrogens (tertiary/aromatic N) is 1. The minimum Gasteiger partial charge on any atom is -0.481 e. The van der Waals surface area contributed by atoms with Crippen LogP contribution in [0.25, 0.3) is 0 Å². The molecule has 0 aromatic heterocycles. The lowest BCUT2D eigenvalue weighted by Gasteiger charge is -2.19. The van der Waals surface area contributed by atoms with Crippen LogP contribution in [0.2, 0.25) is 0 Å². The standard InChI is InChI=1S/C13H20N2O4S/c1-3-14-20(18,19)12-8-6-11(7-9-12)15(2)10-4-5-13(16)17/h6-9,14H,3-5,10H2,1-2H3,(H,16,17). The second-order valence-electron chi connectivity index (χ2n) is 4.41. The maximum atomic E-state index is 11.8. The Labute approximate surface area is 119 Å². The van der Waals surface area contributed by atoms with Crippen LogP contribution in [0, 0.1) is 0 Å². The monoisotopic (exact) mass is 300 g/mol. The molecule has 0 radical (unpaired) electrons. The van der Waals surface area contributed by atoms with Gasteiger partial charge < -0.3 is 10.0 Å². The molecule has 0 bridgehead atoms. The van der Waals surface area contributed by atoms with E-state index in [2.05, 4.69) is 4.72 Å². The van der Waals surface area contributed by atoms with Crippen molar-refractivity contribution >= 4 is 21.7 Å². The molecule has 6 nitrogen and oxygen atoms in total. The minimum atomic E-state index is -3.43. The fourth-order valence-corrected chi connectivity index (χ4v) is 2.79. The highest BCUT2D eigenvalue weighted by Crippen LogP contribution is 2.17. The first-order chi connectivity index (χ1) is 9.36. The number of sulfonamides is 1. The van der Waals surface area contributed by atoms with Gasteiger partial charge in [-0.25, -0.2) is 13.1 Å². The Morgan fingerprint density at radius 2 is 1.90 bits per heavy atom. The van der Waals surface area contributed by atoms with Crippen molar-refractivity contribution in [2.24, 2.45) is 0 Å². The van der Waals surface area contributed by atoms with E-state index in [0.717, 1.165) is 5.69 Å². The summed E-state index contributed by atoms with van der Waals surface area (Å²) in [4.78, 5) is 12.6. The zero-order chi connectivity index (χ0) is 15.2. The molecule has 112 valence electrons. The molecule has 0 saturated heterocycles. The fourth-order valence-electron chi connectivity index (χ4n) is 1.75. The van der Waals surface area contributed by atoms with Gasteiger partial charge in [0.05, 0.1) is 4.90 Å². The fraction of sp³-hybridized carbons (Fsp3) is 0.462. The normalized spacial score (nSPS) is 11.3. The molecule has 0 heterocycles. The van der Waals surface area contributed by atoms with E-state index in [1.807, 2.05) is 11.9 Å². The number of aliphatic carboxylic acids is 1. The van der Waals surface area contributed by atoms with Gasteiger partial charge in [-0.05, 0) is 30.7 Å². The Bertz CT molecular complexity index is 540. The highest BCUT2D eigenvalue weighted by Gasteiger charge is 2.12. The highest BCUT2D eigenvalue weighted by molar-refractivity contribution is 7.89. The number of hydrogen-bond acceptors (Lipinski definition) is 4.